The van der Waals surface area contributed by atoms with Crippen LogP contribution in [0, 0.1) is 5.92 Å². The molecule has 3 heteroatoms. The molecular formula is C12H15NO2. The van der Waals surface area contributed by atoms with Gasteiger partial charge in [-0.2, -0.15) is 0 Å². The van der Waals surface area contributed by atoms with Crippen molar-refractivity contribution in [1.82, 2.24) is 0 Å². The lowest BCUT2D eigenvalue weighted by Crippen LogP contribution is -2.18. The fourth-order valence-corrected chi connectivity index (χ4v) is 2.42. The Kier molecular flexibility index (Phi) is 2.73. The van der Waals surface area contributed by atoms with Gasteiger partial charge in [0.2, 0.25) is 0 Å². The molecule has 0 unspecified atom stereocenters. The van der Waals surface area contributed by atoms with E-state index in [1.807, 2.05) is 30.3 Å². The minimum Gasteiger partial charge on any atom is -0.481 e. The molecule has 1 aliphatic rings. The van der Waals surface area contributed by atoms with E-state index in [-0.39, 0.29) is 17.9 Å². The van der Waals surface area contributed by atoms with Gasteiger partial charge in [0, 0.05) is 6.04 Å². The van der Waals surface area contributed by atoms with E-state index in [0.29, 0.717) is 6.42 Å². The quantitative estimate of drug-likeness (QED) is 0.770. The molecule has 0 amide bonds. The number of carboxylic acids is 1. The molecular weight excluding hydrogens is 190 g/mol. The molecule has 0 bridgehead atoms. The average molecular weight is 205 g/mol. The van der Waals surface area contributed by atoms with Crippen molar-refractivity contribution < 1.29 is 9.90 Å². The first kappa shape index (κ1) is 10.2. The SMILES string of the molecule is N[C@H]1C[C@@H](C(=O)O)[C@H](c2ccccc2)C1. The summed E-state index contributed by atoms with van der Waals surface area (Å²) in [6.45, 7) is 0. The summed E-state index contributed by atoms with van der Waals surface area (Å²) in [4.78, 5) is 11.1. The third-order valence-corrected chi connectivity index (χ3v) is 3.14. The molecule has 3 nitrogen and oxygen atoms in total. The maximum atomic E-state index is 11.1. The lowest BCUT2D eigenvalue weighted by atomic mass is 9.89. The summed E-state index contributed by atoms with van der Waals surface area (Å²) in [5.74, 6) is -0.960. The van der Waals surface area contributed by atoms with Crippen molar-refractivity contribution in [3.63, 3.8) is 0 Å². The number of nitrogens with two attached hydrogens (primary N) is 1. The molecule has 0 aliphatic heterocycles. The fraction of sp³-hybridized carbons (Fsp3) is 0.417. The van der Waals surface area contributed by atoms with Gasteiger partial charge in [0.15, 0.2) is 0 Å². The van der Waals surface area contributed by atoms with E-state index < -0.39 is 5.97 Å². The van der Waals surface area contributed by atoms with Crippen molar-refractivity contribution in [2.45, 2.75) is 24.8 Å². The molecule has 80 valence electrons. The average Bonchev–Trinajstić information content (AvgIpc) is 2.62. The molecule has 1 aromatic rings. The summed E-state index contributed by atoms with van der Waals surface area (Å²) in [5.41, 5.74) is 6.92. The zero-order valence-corrected chi connectivity index (χ0v) is 8.47. The molecule has 1 aliphatic carbocycles. The molecule has 2 rings (SSSR count). The highest BCUT2D eigenvalue weighted by atomic mass is 16.4. The first-order valence-electron chi connectivity index (χ1n) is 5.22. The van der Waals surface area contributed by atoms with Crippen LogP contribution >= 0.6 is 0 Å². The Morgan fingerprint density at radius 3 is 2.53 bits per heavy atom. The van der Waals surface area contributed by atoms with Crippen LogP contribution in [0.1, 0.15) is 24.3 Å². The largest absolute Gasteiger partial charge is 0.481 e. The highest BCUT2D eigenvalue weighted by molar-refractivity contribution is 5.72. The van der Waals surface area contributed by atoms with Crippen molar-refractivity contribution >= 4 is 5.97 Å². The van der Waals surface area contributed by atoms with E-state index in [9.17, 15) is 4.79 Å². The molecule has 1 aromatic carbocycles. The van der Waals surface area contributed by atoms with Crippen LogP contribution in [-0.2, 0) is 4.79 Å². The Bertz CT molecular complexity index is 350. The van der Waals surface area contributed by atoms with Gasteiger partial charge in [0.25, 0.3) is 0 Å². The van der Waals surface area contributed by atoms with E-state index in [4.69, 9.17) is 10.8 Å². The molecule has 0 heterocycles. The summed E-state index contributed by atoms with van der Waals surface area (Å²) >= 11 is 0. The van der Waals surface area contributed by atoms with Crippen LogP contribution in [0.4, 0.5) is 0 Å². The maximum Gasteiger partial charge on any atom is 0.307 e. The van der Waals surface area contributed by atoms with E-state index in [2.05, 4.69) is 0 Å². The summed E-state index contributed by atoms with van der Waals surface area (Å²) < 4.78 is 0. The third kappa shape index (κ3) is 2.02. The fourth-order valence-electron chi connectivity index (χ4n) is 2.42. The highest BCUT2D eigenvalue weighted by Crippen LogP contribution is 2.38. The van der Waals surface area contributed by atoms with E-state index in [0.717, 1.165) is 12.0 Å². The van der Waals surface area contributed by atoms with E-state index in [1.54, 1.807) is 0 Å². The number of carboxylic acid groups (broad SMARTS) is 1. The zero-order chi connectivity index (χ0) is 10.8. The van der Waals surface area contributed by atoms with Crippen LogP contribution in [0.5, 0.6) is 0 Å². The lowest BCUT2D eigenvalue weighted by Gasteiger charge is -2.15. The second-order valence-electron chi connectivity index (χ2n) is 4.19. The summed E-state index contributed by atoms with van der Waals surface area (Å²) in [5, 5.41) is 9.11. The van der Waals surface area contributed by atoms with Crippen LogP contribution in [0.3, 0.4) is 0 Å². The Morgan fingerprint density at radius 1 is 1.27 bits per heavy atom. The predicted octanol–water partition coefficient (Wildman–Crippen LogP) is 1.59. The van der Waals surface area contributed by atoms with Crippen molar-refractivity contribution in [3.05, 3.63) is 35.9 Å². The number of benzene rings is 1. The van der Waals surface area contributed by atoms with Crippen LogP contribution in [0.25, 0.3) is 0 Å². The number of aliphatic carboxylic acids is 1. The van der Waals surface area contributed by atoms with Gasteiger partial charge in [-0.15, -0.1) is 0 Å². The van der Waals surface area contributed by atoms with Crippen LogP contribution in [-0.4, -0.2) is 17.1 Å². The molecule has 1 fully saturated rings. The van der Waals surface area contributed by atoms with Gasteiger partial charge in [-0.1, -0.05) is 30.3 Å². The van der Waals surface area contributed by atoms with Crippen molar-refractivity contribution in [2.75, 3.05) is 0 Å². The molecule has 0 radical (unpaired) electrons. The van der Waals surface area contributed by atoms with Gasteiger partial charge in [0.05, 0.1) is 5.92 Å². The molecule has 0 saturated heterocycles. The van der Waals surface area contributed by atoms with Crippen LogP contribution in [0.15, 0.2) is 30.3 Å². The number of hydrogen-bond donors (Lipinski definition) is 2. The van der Waals surface area contributed by atoms with E-state index in [1.165, 1.54) is 0 Å². The standard InChI is InChI=1S/C12H15NO2/c13-9-6-10(11(7-9)12(14)15)8-4-2-1-3-5-8/h1-5,9-11H,6-7,13H2,(H,14,15)/t9-,10+,11-/m1/s1. The Morgan fingerprint density at radius 2 is 1.93 bits per heavy atom. The van der Waals surface area contributed by atoms with Crippen molar-refractivity contribution in [3.8, 4) is 0 Å². The topological polar surface area (TPSA) is 63.3 Å². The van der Waals surface area contributed by atoms with Crippen LogP contribution < -0.4 is 5.73 Å². The van der Waals surface area contributed by atoms with E-state index >= 15 is 0 Å². The maximum absolute atomic E-state index is 11.1. The molecule has 3 atom stereocenters. The Hall–Kier alpha value is -1.35. The number of rotatable bonds is 2. The molecule has 0 spiro atoms. The normalized spacial score (nSPS) is 30.3. The smallest absolute Gasteiger partial charge is 0.307 e. The monoisotopic (exact) mass is 205 g/mol. The first-order valence-corrected chi connectivity index (χ1v) is 5.22. The number of carbonyl (C=O) groups is 1. The predicted molar refractivity (Wildman–Crippen MR) is 57.5 cm³/mol. The molecule has 0 aromatic heterocycles. The summed E-state index contributed by atoms with van der Waals surface area (Å²) in [7, 11) is 0. The van der Waals surface area contributed by atoms with Gasteiger partial charge in [-0.25, -0.2) is 0 Å². The van der Waals surface area contributed by atoms with Crippen molar-refractivity contribution in [2.24, 2.45) is 11.7 Å². The summed E-state index contributed by atoms with van der Waals surface area (Å²) in [6.07, 6.45) is 1.37. The van der Waals surface area contributed by atoms with Crippen LogP contribution in [0.2, 0.25) is 0 Å². The molecule has 15 heavy (non-hydrogen) atoms. The summed E-state index contributed by atoms with van der Waals surface area (Å²) in [6, 6.07) is 9.82. The van der Waals surface area contributed by atoms with Gasteiger partial charge < -0.3 is 10.8 Å². The zero-order valence-electron chi connectivity index (χ0n) is 8.47. The minimum atomic E-state index is -0.725. The third-order valence-electron chi connectivity index (χ3n) is 3.14. The van der Waals surface area contributed by atoms with Gasteiger partial charge in [0.1, 0.15) is 0 Å². The second kappa shape index (κ2) is 4.03. The van der Waals surface area contributed by atoms with Crippen molar-refractivity contribution in [1.29, 1.82) is 0 Å². The highest BCUT2D eigenvalue weighted by Gasteiger charge is 2.37. The Balaban J connectivity index is 2.24. The van der Waals surface area contributed by atoms with Gasteiger partial charge in [-0.3, -0.25) is 4.79 Å². The second-order valence-corrected chi connectivity index (χ2v) is 4.19. The van der Waals surface area contributed by atoms with Gasteiger partial charge >= 0.3 is 5.97 Å². The minimum absolute atomic E-state index is 0.0244. The Labute approximate surface area is 88.9 Å². The number of hydrogen-bond acceptors (Lipinski definition) is 2. The molecule has 1 saturated carbocycles. The first-order chi connectivity index (χ1) is 7.18. The molecule has 3 N–H and O–H groups in total. The lowest BCUT2D eigenvalue weighted by molar-refractivity contribution is -0.142. The van der Waals surface area contributed by atoms with Gasteiger partial charge in [-0.05, 0) is 24.3 Å².